The first kappa shape index (κ1) is 16.3. The number of carbonyl (C=O) groups excluding carboxylic acids is 1. The number of rotatable bonds is 4. The molecule has 0 aromatic heterocycles. The number of hydrogen-bond acceptors (Lipinski definition) is 3. The van der Waals surface area contributed by atoms with E-state index in [1.54, 1.807) is 13.8 Å². The van der Waals surface area contributed by atoms with Gasteiger partial charge in [-0.15, -0.1) is 0 Å². The van der Waals surface area contributed by atoms with Gasteiger partial charge in [0.25, 0.3) is 5.91 Å². The van der Waals surface area contributed by atoms with Gasteiger partial charge in [-0.1, -0.05) is 27.5 Å². The number of nitrogens with zero attached hydrogens (tertiary/aromatic N) is 1. The molecule has 1 atom stereocenters. The Bertz CT molecular complexity index is 620. The molecule has 1 aromatic carbocycles. The van der Waals surface area contributed by atoms with E-state index in [1.807, 2.05) is 0 Å². The van der Waals surface area contributed by atoms with Crippen LogP contribution in [0.2, 0.25) is 5.02 Å². The third kappa shape index (κ3) is 2.93. The zero-order valence-electron chi connectivity index (χ0n) is 11.5. The molecule has 0 fully saturated rings. The van der Waals surface area contributed by atoms with E-state index in [2.05, 4.69) is 15.9 Å². The second kappa shape index (κ2) is 6.34. The molecule has 0 saturated carbocycles. The Kier molecular flexibility index (Phi) is 4.91. The number of benzene rings is 1. The van der Waals surface area contributed by atoms with Gasteiger partial charge in [-0.2, -0.15) is 0 Å². The zero-order chi connectivity index (χ0) is 15.7. The quantitative estimate of drug-likeness (QED) is 0.814. The van der Waals surface area contributed by atoms with Gasteiger partial charge in [0.2, 0.25) is 0 Å². The topological polar surface area (TPSA) is 49.8 Å². The summed E-state index contributed by atoms with van der Waals surface area (Å²) in [7, 11) is 0. The van der Waals surface area contributed by atoms with Crippen LogP contribution in [-0.4, -0.2) is 29.2 Å². The molecule has 0 radical (unpaired) electrons. The first-order valence-corrected chi connectivity index (χ1v) is 7.75. The number of alkyl halides is 1. The van der Waals surface area contributed by atoms with Crippen LogP contribution in [0.1, 0.15) is 13.8 Å². The van der Waals surface area contributed by atoms with Crippen molar-refractivity contribution in [2.45, 2.75) is 20.1 Å². The van der Waals surface area contributed by atoms with Crippen molar-refractivity contribution in [1.29, 1.82) is 0 Å². The van der Waals surface area contributed by atoms with Gasteiger partial charge in [-0.05, 0) is 25.5 Å². The van der Waals surface area contributed by atoms with Gasteiger partial charge in [0.05, 0.1) is 17.3 Å². The second-order valence-electron chi connectivity index (χ2n) is 4.65. The molecule has 1 N–H and O–H groups in total. The summed E-state index contributed by atoms with van der Waals surface area (Å²) in [6.45, 7) is 3.79. The molecule has 1 amide bonds. The normalized spacial score (nSPS) is 18.8. The molecule has 1 aliphatic heterocycles. The van der Waals surface area contributed by atoms with Gasteiger partial charge in [-0.3, -0.25) is 9.69 Å². The van der Waals surface area contributed by atoms with Crippen LogP contribution in [0.3, 0.4) is 0 Å². The smallest absolute Gasteiger partial charge is 0.256 e. The molecule has 21 heavy (non-hydrogen) atoms. The lowest BCUT2D eigenvalue weighted by Crippen LogP contribution is -2.38. The van der Waals surface area contributed by atoms with Crippen LogP contribution in [0, 0.1) is 5.82 Å². The van der Waals surface area contributed by atoms with Crippen LogP contribution in [-0.2, 0) is 9.53 Å². The van der Waals surface area contributed by atoms with Crippen molar-refractivity contribution in [2.24, 2.45) is 0 Å². The largest absolute Gasteiger partial charge is 0.506 e. The number of phenolic OH excluding ortho intramolecular Hbond substituents is 1. The highest BCUT2D eigenvalue weighted by Crippen LogP contribution is 2.37. The maximum Gasteiger partial charge on any atom is 0.256 e. The standard InChI is InChI=1S/C14H14BrClFNO3/c1-7-8(2)14(21-4-3-15)18(13(7)20)11-6-12(19)9(16)5-10(11)17/h5-6,14,19H,3-4H2,1-2H3/t14-/m0/s1. The summed E-state index contributed by atoms with van der Waals surface area (Å²) in [6.07, 6.45) is -0.690. The molecule has 0 spiro atoms. The molecule has 114 valence electrons. The van der Waals surface area contributed by atoms with Crippen LogP contribution in [0.5, 0.6) is 5.75 Å². The van der Waals surface area contributed by atoms with Gasteiger partial charge >= 0.3 is 0 Å². The summed E-state index contributed by atoms with van der Waals surface area (Å²) in [4.78, 5) is 13.5. The summed E-state index contributed by atoms with van der Waals surface area (Å²) in [5.41, 5.74) is 1.16. The molecule has 1 heterocycles. The molecule has 0 unspecified atom stereocenters. The van der Waals surface area contributed by atoms with E-state index in [4.69, 9.17) is 16.3 Å². The van der Waals surface area contributed by atoms with E-state index in [0.717, 1.165) is 17.7 Å². The lowest BCUT2D eigenvalue weighted by atomic mass is 10.2. The highest BCUT2D eigenvalue weighted by atomic mass is 79.9. The molecule has 2 rings (SSSR count). The number of amides is 1. The lowest BCUT2D eigenvalue weighted by Gasteiger charge is -2.27. The Morgan fingerprint density at radius 2 is 2.14 bits per heavy atom. The Morgan fingerprint density at radius 1 is 1.48 bits per heavy atom. The molecule has 4 nitrogen and oxygen atoms in total. The molecule has 0 saturated heterocycles. The maximum absolute atomic E-state index is 14.1. The number of hydrogen-bond donors (Lipinski definition) is 1. The fraction of sp³-hybridized carbons (Fsp3) is 0.357. The number of aromatic hydroxyl groups is 1. The van der Waals surface area contributed by atoms with Crippen molar-refractivity contribution in [3.63, 3.8) is 0 Å². The average Bonchev–Trinajstić information content (AvgIpc) is 2.65. The monoisotopic (exact) mass is 377 g/mol. The first-order valence-electron chi connectivity index (χ1n) is 6.25. The lowest BCUT2D eigenvalue weighted by molar-refractivity contribution is -0.116. The number of anilines is 1. The van der Waals surface area contributed by atoms with Crippen molar-refractivity contribution in [2.75, 3.05) is 16.8 Å². The molecular formula is C14H14BrClFNO3. The van der Waals surface area contributed by atoms with Gasteiger partial charge in [0.1, 0.15) is 11.6 Å². The van der Waals surface area contributed by atoms with Crippen LogP contribution < -0.4 is 4.90 Å². The van der Waals surface area contributed by atoms with Crippen LogP contribution in [0.15, 0.2) is 23.3 Å². The van der Waals surface area contributed by atoms with Crippen LogP contribution >= 0.6 is 27.5 Å². The molecule has 1 aromatic rings. The number of carbonyl (C=O) groups is 1. The summed E-state index contributed by atoms with van der Waals surface area (Å²) in [5, 5.41) is 10.1. The Morgan fingerprint density at radius 3 is 2.76 bits per heavy atom. The molecule has 0 aliphatic carbocycles. The van der Waals surface area contributed by atoms with E-state index in [0.29, 0.717) is 17.5 Å². The fourth-order valence-corrected chi connectivity index (χ4v) is 2.47. The minimum Gasteiger partial charge on any atom is -0.506 e. The van der Waals surface area contributed by atoms with Crippen molar-refractivity contribution < 1.29 is 19.0 Å². The van der Waals surface area contributed by atoms with Crippen LogP contribution in [0.25, 0.3) is 0 Å². The average molecular weight is 379 g/mol. The maximum atomic E-state index is 14.1. The SMILES string of the molecule is CC1=C(C)[C@H](OCCBr)N(c2cc(O)c(Cl)cc2F)C1=O. The van der Waals surface area contributed by atoms with Gasteiger partial charge < -0.3 is 9.84 Å². The minimum atomic E-state index is -0.693. The minimum absolute atomic E-state index is 0.0577. The summed E-state index contributed by atoms with van der Waals surface area (Å²) < 4.78 is 19.7. The van der Waals surface area contributed by atoms with Gasteiger partial charge in [-0.25, -0.2) is 4.39 Å². The summed E-state index contributed by atoms with van der Waals surface area (Å²) >= 11 is 8.91. The molecule has 1 aliphatic rings. The van der Waals surface area contributed by atoms with Crippen LogP contribution in [0.4, 0.5) is 10.1 Å². The zero-order valence-corrected chi connectivity index (χ0v) is 13.8. The van der Waals surface area contributed by atoms with E-state index in [-0.39, 0.29) is 22.4 Å². The summed E-state index contributed by atoms with van der Waals surface area (Å²) in [5.74, 6) is -1.34. The number of halogens is 3. The second-order valence-corrected chi connectivity index (χ2v) is 5.85. The van der Waals surface area contributed by atoms with E-state index < -0.39 is 12.0 Å². The first-order chi connectivity index (χ1) is 9.88. The Hall–Kier alpha value is -1.11. The Balaban J connectivity index is 2.46. The third-order valence-electron chi connectivity index (χ3n) is 3.36. The van der Waals surface area contributed by atoms with Crippen molar-refractivity contribution in [3.05, 3.63) is 34.1 Å². The van der Waals surface area contributed by atoms with Crippen molar-refractivity contribution >= 4 is 39.1 Å². The predicted octanol–water partition coefficient (Wildman–Crippen LogP) is 3.61. The third-order valence-corrected chi connectivity index (χ3v) is 3.99. The van der Waals surface area contributed by atoms with E-state index >= 15 is 0 Å². The number of ether oxygens (including phenoxy) is 1. The van der Waals surface area contributed by atoms with Gasteiger partial charge in [0.15, 0.2) is 6.23 Å². The molecular weight excluding hydrogens is 365 g/mol. The Labute approximate surface area is 135 Å². The summed E-state index contributed by atoms with van der Waals surface area (Å²) in [6, 6.07) is 2.11. The van der Waals surface area contributed by atoms with Gasteiger partial charge in [0, 0.05) is 17.0 Å². The molecule has 7 heteroatoms. The highest BCUT2D eigenvalue weighted by molar-refractivity contribution is 9.09. The predicted molar refractivity (Wildman–Crippen MR) is 82.5 cm³/mol. The van der Waals surface area contributed by atoms with Crippen molar-refractivity contribution in [1.82, 2.24) is 0 Å². The molecule has 0 bridgehead atoms. The highest BCUT2D eigenvalue weighted by Gasteiger charge is 2.38. The van der Waals surface area contributed by atoms with E-state index in [9.17, 15) is 14.3 Å². The number of phenols is 1. The van der Waals surface area contributed by atoms with Crippen molar-refractivity contribution in [3.8, 4) is 5.75 Å². The van der Waals surface area contributed by atoms with E-state index in [1.165, 1.54) is 4.90 Å². The fourth-order valence-electron chi connectivity index (χ4n) is 2.14.